The van der Waals surface area contributed by atoms with Gasteiger partial charge in [-0.05, 0) is 112 Å². The molecule has 0 unspecified atom stereocenters. The van der Waals surface area contributed by atoms with E-state index in [0.717, 1.165) is 0 Å². The van der Waals surface area contributed by atoms with Gasteiger partial charge in [0.1, 0.15) is 0 Å². The standard InChI is InChI=1S/C48H32/c1-3-13-33(14-4-1)35-17-11-18-36(29-35)37-19-12-20-38(30-37)39-25-26-41-32-42(28-27-40(41)31-39)48-45-23-9-7-21-43(45)47(34-15-5-2-6-16-34)44-22-8-10-24-46(44)48/h1-32H. The van der Waals surface area contributed by atoms with Crippen molar-refractivity contribution in [3.63, 3.8) is 0 Å². The summed E-state index contributed by atoms with van der Waals surface area (Å²) in [6, 6.07) is 70.7. The number of hydrogen-bond acceptors (Lipinski definition) is 0. The summed E-state index contributed by atoms with van der Waals surface area (Å²) in [5, 5.41) is 7.59. The van der Waals surface area contributed by atoms with E-state index < -0.39 is 0 Å². The van der Waals surface area contributed by atoms with Crippen LogP contribution in [0.4, 0.5) is 0 Å². The maximum atomic E-state index is 2.36. The van der Waals surface area contributed by atoms with Gasteiger partial charge in [0.2, 0.25) is 0 Å². The van der Waals surface area contributed by atoms with Crippen LogP contribution in [0.15, 0.2) is 194 Å². The number of rotatable bonds is 5. The van der Waals surface area contributed by atoms with Gasteiger partial charge in [-0.15, -0.1) is 0 Å². The van der Waals surface area contributed by atoms with Gasteiger partial charge in [-0.2, -0.15) is 0 Å². The molecule has 0 N–H and O–H groups in total. The van der Waals surface area contributed by atoms with Crippen LogP contribution in [0.1, 0.15) is 0 Å². The summed E-state index contributed by atoms with van der Waals surface area (Å²) in [4.78, 5) is 0. The first-order valence-corrected chi connectivity index (χ1v) is 16.6. The first kappa shape index (κ1) is 28.0. The molecule has 0 saturated carbocycles. The third-order valence-electron chi connectivity index (χ3n) is 9.62. The van der Waals surface area contributed by atoms with Crippen LogP contribution in [0, 0.1) is 0 Å². The lowest BCUT2D eigenvalue weighted by atomic mass is 9.85. The van der Waals surface area contributed by atoms with Crippen molar-refractivity contribution in [1.82, 2.24) is 0 Å². The van der Waals surface area contributed by atoms with Gasteiger partial charge < -0.3 is 0 Å². The molecule has 9 aromatic carbocycles. The molecule has 0 fully saturated rings. The van der Waals surface area contributed by atoms with Crippen LogP contribution < -0.4 is 0 Å². The Bertz CT molecular complexity index is 2540. The van der Waals surface area contributed by atoms with E-state index in [-0.39, 0.29) is 0 Å². The van der Waals surface area contributed by atoms with Crippen molar-refractivity contribution >= 4 is 32.3 Å². The first-order valence-electron chi connectivity index (χ1n) is 16.6. The van der Waals surface area contributed by atoms with E-state index in [1.54, 1.807) is 0 Å². The normalized spacial score (nSPS) is 11.3. The summed E-state index contributed by atoms with van der Waals surface area (Å²) in [7, 11) is 0. The molecule has 0 bridgehead atoms. The molecule has 9 aromatic rings. The molecule has 0 aliphatic rings. The van der Waals surface area contributed by atoms with Crippen molar-refractivity contribution in [2.45, 2.75) is 0 Å². The van der Waals surface area contributed by atoms with Crippen molar-refractivity contribution < 1.29 is 0 Å². The average molecular weight is 609 g/mol. The molecule has 0 heteroatoms. The van der Waals surface area contributed by atoms with Gasteiger partial charge in [-0.25, -0.2) is 0 Å². The molecule has 224 valence electrons. The second-order valence-electron chi connectivity index (χ2n) is 12.5. The molecular formula is C48H32. The van der Waals surface area contributed by atoms with E-state index in [1.165, 1.54) is 88.0 Å². The van der Waals surface area contributed by atoms with E-state index in [2.05, 4.69) is 194 Å². The largest absolute Gasteiger partial charge is 0.0622 e. The lowest BCUT2D eigenvalue weighted by Gasteiger charge is -2.18. The summed E-state index contributed by atoms with van der Waals surface area (Å²) in [5.41, 5.74) is 12.4. The first-order chi connectivity index (χ1) is 23.8. The lowest BCUT2D eigenvalue weighted by Crippen LogP contribution is -1.90. The predicted molar refractivity (Wildman–Crippen MR) is 206 cm³/mol. The Morgan fingerprint density at radius 1 is 0.188 bits per heavy atom. The van der Waals surface area contributed by atoms with E-state index in [9.17, 15) is 0 Å². The summed E-state index contributed by atoms with van der Waals surface area (Å²) in [6.45, 7) is 0. The van der Waals surface area contributed by atoms with Crippen molar-refractivity contribution in [2.24, 2.45) is 0 Å². The molecule has 0 amide bonds. The van der Waals surface area contributed by atoms with E-state index in [0.29, 0.717) is 0 Å². The third kappa shape index (κ3) is 4.96. The highest BCUT2D eigenvalue weighted by Crippen LogP contribution is 2.44. The van der Waals surface area contributed by atoms with E-state index in [1.807, 2.05) is 0 Å². The van der Waals surface area contributed by atoms with Crippen LogP contribution in [0.25, 0.3) is 88.0 Å². The van der Waals surface area contributed by atoms with Crippen molar-refractivity contribution in [1.29, 1.82) is 0 Å². The molecule has 0 aliphatic heterocycles. The van der Waals surface area contributed by atoms with Gasteiger partial charge >= 0.3 is 0 Å². The fourth-order valence-corrected chi connectivity index (χ4v) is 7.32. The van der Waals surface area contributed by atoms with E-state index >= 15 is 0 Å². The molecule has 0 heterocycles. The van der Waals surface area contributed by atoms with Crippen LogP contribution >= 0.6 is 0 Å². The zero-order valence-corrected chi connectivity index (χ0v) is 26.5. The zero-order chi connectivity index (χ0) is 31.9. The van der Waals surface area contributed by atoms with Gasteiger partial charge in [-0.3, -0.25) is 0 Å². The van der Waals surface area contributed by atoms with Crippen molar-refractivity contribution in [2.75, 3.05) is 0 Å². The zero-order valence-electron chi connectivity index (χ0n) is 26.5. The minimum absolute atomic E-state index is 1.22. The smallest absolute Gasteiger partial charge is 0.00262 e. The molecule has 0 radical (unpaired) electrons. The van der Waals surface area contributed by atoms with Gasteiger partial charge in [0.25, 0.3) is 0 Å². The van der Waals surface area contributed by atoms with Crippen molar-refractivity contribution in [3.05, 3.63) is 194 Å². The molecule has 9 rings (SSSR count). The Hall–Kier alpha value is -6.24. The summed E-state index contributed by atoms with van der Waals surface area (Å²) >= 11 is 0. The SMILES string of the molecule is c1ccc(-c2cccc(-c3cccc(-c4ccc5cc(-c6c7ccccc7c(-c7ccccc7)c7ccccc67)ccc5c4)c3)c2)cc1. The Morgan fingerprint density at radius 2 is 0.521 bits per heavy atom. The number of benzene rings is 9. The lowest BCUT2D eigenvalue weighted by molar-refractivity contribution is 1.58. The van der Waals surface area contributed by atoms with Crippen molar-refractivity contribution in [3.8, 4) is 55.6 Å². The Labute approximate surface area is 281 Å². The third-order valence-corrected chi connectivity index (χ3v) is 9.62. The van der Waals surface area contributed by atoms with Crippen LogP contribution in [0.2, 0.25) is 0 Å². The summed E-state index contributed by atoms with van der Waals surface area (Å²) in [6.07, 6.45) is 0. The van der Waals surface area contributed by atoms with Crippen LogP contribution in [0.5, 0.6) is 0 Å². The molecule has 0 atom stereocenters. The molecule has 0 saturated heterocycles. The van der Waals surface area contributed by atoms with Gasteiger partial charge in [0.05, 0.1) is 0 Å². The highest BCUT2D eigenvalue weighted by Gasteiger charge is 2.16. The molecule has 0 aliphatic carbocycles. The number of hydrogen-bond donors (Lipinski definition) is 0. The molecular weight excluding hydrogens is 577 g/mol. The highest BCUT2D eigenvalue weighted by molar-refractivity contribution is 6.21. The average Bonchev–Trinajstić information content (AvgIpc) is 3.17. The molecule has 0 aromatic heterocycles. The fourth-order valence-electron chi connectivity index (χ4n) is 7.32. The minimum atomic E-state index is 1.22. The molecule has 48 heavy (non-hydrogen) atoms. The second kappa shape index (κ2) is 11.8. The summed E-state index contributed by atoms with van der Waals surface area (Å²) < 4.78 is 0. The minimum Gasteiger partial charge on any atom is -0.0622 e. The second-order valence-corrected chi connectivity index (χ2v) is 12.5. The topological polar surface area (TPSA) is 0 Å². The highest BCUT2D eigenvalue weighted by atomic mass is 14.2. The fraction of sp³-hybridized carbons (Fsp3) is 0. The maximum Gasteiger partial charge on any atom is -0.00262 e. The monoisotopic (exact) mass is 608 g/mol. The summed E-state index contributed by atoms with van der Waals surface area (Å²) in [5.74, 6) is 0. The Kier molecular flexibility index (Phi) is 6.91. The Balaban J connectivity index is 1.13. The predicted octanol–water partition coefficient (Wildman–Crippen LogP) is 13.5. The number of fused-ring (bicyclic) bond motifs is 3. The van der Waals surface area contributed by atoms with Gasteiger partial charge in [0.15, 0.2) is 0 Å². The molecule has 0 spiro atoms. The quantitative estimate of drug-likeness (QED) is 0.171. The molecule has 0 nitrogen and oxygen atoms in total. The van der Waals surface area contributed by atoms with Gasteiger partial charge in [0, 0.05) is 0 Å². The van der Waals surface area contributed by atoms with Crippen LogP contribution in [-0.2, 0) is 0 Å². The maximum absolute atomic E-state index is 2.36. The van der Waals surface area contributed by atoms with Gasteiger partial charge in [-0.1, -0.05) is 170 Å². The van der Waals surface area contributed by atoms with Crippen LogP contribution in [0.3, 0.4) is 0 Å². The van der Waals surface area contributed by atoms with E-state index in [4.69, 9.17) is 0 Å². The Morgan fingerprint density at radius 3 is 1.02 bits per heavy atom. The van der Waals surface area contributed by atoms with Crippen LogP contribution in [-0.4, -0.2) is 0 Å².